The van der Waals surface area contributed by atoms with Gasteiger partial charge in [-0.3, -0.25) is 4.79 Å². The van der Waals surface area contributed by atoms with Crippen LogP contribution in [0.1, 0.15) is 33.5 Å². The fourth-order valence-corrected chi connectivity index (χ4v) is 2.21. The maximum atomic E-state index is 11.4. The third-order valence-corrected chi connectivity index (χ3v) is 2.96. The Labute approximate surface area is 87.7 Å². The van der Waals surface area contributed by atoms with Crippen LogP contribution < -0.4 is 0 Å². The number of carboxylic acids is 1. The van der Waals surface area contributed by atoms with Crippen molar-refractivity contribution in [3.63, 3.8) is 0 Å². The van der Waals surface area contributed by atoms with Crippen molar-refractivity contribution in [2.24, 2.45) is 0 Å². The third kappa shape index (κ3) is 1.54. The van der Waals surface area contributed by atoms with Gasteiger partial charge >= 0.3 is 5.97 Å². The van der Waals surface area contributed by atoms with E-state index in [0.717, 1.165) is 30.4 Å². The highest BCUT2D eigenvalue weighted by molar-refractivity contribution is 6.40. The first-order valence-corrected chi connectivity index (χ1v) is 5.00. The highest BCUT2D eigenvalue weighted by atomic mass is 16.4. The summed E-state index contributed by atoms with van der Waals surface area (Å²) in [6.07, 6.45) is 2.80. The summed E-state index contributed by atoms with van der Waals surface area (Å²) in [6, 6.07) is 3.47. The van der Waals surface area contributed by atoms with Gasteiger partial charge in [-0.25, -0.2) is 4.79 Å². The molecule has 0 spiro atoms. The highest BCUT2D eigenvalue weighted by Crippen LogP contribution is 2.28. The Morgan fingerprint density at radius 3 is 2.53 bits per heavy atom. The van der Waals surface area contributed by atoms with Crippen LogP contribution in [-0.2, 0) is 17.6 Å². The summed E-state index contributed by atoms with van der Waals surface area (Å²) in [5.74, 6) is -2.15. The molecule has 0 aliphatic heterocycles. The summed E-state index contributed by atoms with van der Waals surface area (Å²) >= 11 is 0. The molecule has 1 aliphatic carbocycles. The number of carbonyl (C=O) groups is 2. The number of benzene rings is 1. The zero-order valence-corrected chi connectivity index (χ0v) is 8.54. The Morgan fingerprint density at radius 2 is 1.87 bits per heavy atom. The maximum Gasteiger partial charge on any atom is 0.377 e. The van der Waals surface area contributed by atoms with Gasteiger partial charge in [0.25, 0.3) is 5.78 Å². The molecule has 1 aliphatic rings. The number of fused-ring (bicyclic) bond motifs is 1. The Bertz CT molecular complexity index is 446. The molecule has 0 aromatic heterocycles. The van der Waals surface area contributed by atoms with Crippen molar-refractivity contribution in [3.8, 4) is 0 Å². The molecule has 0 bridgehead atoms. The van der Waals surface area contributed by atoms with Gasteiger partial charge in [0.1, 0.15) is 0 Å². The van der Waals surface area contributed by atoms with Gasteiger partial charge in [-0.15, -0.1) is 0 Å². The van der Waals surface area contributed by atoms with Crippen molar-refractivity contribution < 1.29 is 14.7 Å². The predicted molar refractivity (Wildman–Crippen MR) is 55.2 cm³/mol. The zero-order valence-electron chi connectivity index (χ0n) is 8.54. The predicted octanol–water partition coefficient (Wildman–Crippen LogP) is 1.75. The SMILES string of the molecule is Cc1ccc(C(=O)C(=O)O)c2c1CCC2. The molecule has 0 atom stereocenters. The lowest BCUT2D eigenvalue weighted by Crippen LogP contribution is -2.15. The third-order valence-electron chi connectivity index (χ3n) is 2.96. The first kappa shape index (κ1) is 9.90. The number of hydrogen-bond donors (Lipinski definition) is 1. The molecule has 78 valence electrons. The Morgan fingerprint density at radius 1 is 1.20 bits per heavy atom. The molecule has 1 aromatic carbocycles. The average Bonchev–Trinajstić information content (AvgIpc) is 2.66. The molecule has 0 saturated heterocycles. The van der Waals surface area contributed by atoms with E-state index >= 15 is 0 Å². The van der Waals surface area contributed by atoms with Crippen molar-refractivity contribution in [2.75, 3.05) is 0 Å². The second kappa shape index (κ2) is 3.50. The molecule has 3 heteroatoms. The van der Waals surface area contributed by atoms with Crippen LogP contribution in [0.3, 0.4) is 0 Å². The van der Waals surface area contributed by atoms with Crippen molar-refractivity contribution in [1.29, 1.82) is 0 Å². The minimum atomic E-state index is -1.37. The molecule has 0 saturated carbocycles. The van der Waals surface area contributed by atoms with Crippen LogP contribution in [0.15, 0.2) is 12.1 Å². The van der Waals surface area contributed by atoms with Crippen LogP contribution >= 0.6 is 0 Å². The number of rotatable bonds is 2. The fourth-order valence-electron chi connectivity index (χ4n) is 2.21. The van der Waals surface area contributed by atoms with Gasteiger partial charge in [0.15, 0.2) is 0 Å². The first-order valence-electron chi connectivity index (χ1n) is 5.00. The highest BCUT2D eigenvalue weighted by Gasteiger charge is 2.23. The van der Waals surface area contributed by atoms with Crippen molar-refractivity contribution in [2.45, 2.75) is 26.2 Å². The molecule has 0 unspecified atom stereocenters. The monoisotopic (exact) mass is 204 g/mol. The standard InChI is InChI=1S/C12H12O3/c1-7-5-6-10(11(13)12(14)15)9-4-2-3-8(7)9/h5-6H,2-4H2,1H3,(H,14,15). The van der Waals surface area contributed by atoms with E-state index in [1.165, 1.54) is 5.56 Å². The van der Waals surface area contributed by atoms with Gasteiger partial charge in [0.05, 0.1) is 0 Å². The van der Waals surface area contributed by atoms with Crippen LogP contribution in [0.4, 0.5) is 0 Å². The minimum absolute atomic E-state index is 0.376. The molecular formula is C12H12O3. The lowest BCUT2D eigenvalue weighted by atomic mass is 9.96. The number of hydrogen-bond acceptors (Lipinski definition) is 2. The van der Waals surface area contributed by atoms with E-state index in [4.69, 9.17) is 5.11 Å². The summed E-state index contributed by atoms with van der Waals surface area (Å²) in [5, 5.41) is 8.69. The molecule has 1 aromatic rings. The number of carbonyl (C=O) groups excluding carboxylic acids is 1. The Balaban J connectivity index is 2.55. The quantitative estimate of drug-likeness (QED) is 0.589. The maximum absolute atomic E-state index is 11.4. The largest absolute Gasteiger partial charge is 0.475 e. The number of aliphatic carboxylic acids is 1. The number of carboxylic acid groups (broad SMARTS) is 1. The van der Waals surface area contributed by atoms with E-state index in [1.54, 1.807) is 6.07 Å². The number of ketones is 1. The van der Waals surface area contributed by atoms with Crippen LogP contribution in [0.2, 0.25) is 0 Å². The van der Waals surface area contributed by atoms with E-state index in [2.05, 4.69) is 0 Å². The zero-order chi connectivity index (χ0) is 11.0. The van der Waals surface area contributed by atoms with Gasteiger partial charge in [-0.1, -0.05) is 12.1 Å². The smallest absolute Gasteiger partial charge is 0.377 e. The molecule has 0 heterocycles. The summed E-state index contributed by atoms with van der Waals surface area (Å²) < 4.78 is 0. The number of aryl methyl sites for hydroxylation is 1. The lowest BCUT2D eigenvalue weighted by Gasteiger charge is -2.07. The number of Topliss-reactive ketones (excluding diaryl/α,β-unsaturated/α-hetero) is 1. The van der Waals surface area contributed by atoms with Gasteiger partial charge in [0, 0.05) is 5.56 Å². The second-order valence-electron chi connectivity index (χ2n) is 3.87. The summed E-state index contributed by atoms with van der Waals surface area (Å²) in [7, 11) is 0. The fraction of sp³-hybridized carbons (Fsp3) is 0.333. The molecular weight excluding hydrogens is 192 g/mol. The van der Waals surface area contributed by atoms with Gasteiger partial charge < -0.3 is 5.11 Å². The Kier molecular flexibility index (Phi) is 2.31. The van der Waals surface area contributed by atoms with Crippen LogP contribution in [0, 0.1) is 6.92 Å². The van der Waals surface area contributed by atoms with E-state index in [-0.39, 0.29) is 0 Å². The van der Waals surface area contributed by atoms with E-state index in [1.807, 2.05) is 13.0 Å². The molecule has 0 amide bonds. The molecule has 0 radical (unpaired) electrons. The molecule has 0 fully saturated rings. The first-order chi connectivity index (χ1) is 7.11. The Hall–Kier alpha value is -1.64. The lowest BCUT2D eigenvalue weighted by molar-refractivity contribution is -0.131. The van der Waals surface area contributed by atoms with Crippen LogP contribution in [-0.4, -0.2) is 16.9 Å². The van der Waals surface area contributed by atoms with Gasteiger partial charge in [-0.05, 0) is 42.9 Å². The van der Waals surface area contributed by atoms with Crippen LogP contribution in [0.5, 0.6) is 0 Å². The van der Waals surface area contributed by atoms with Crippen molar-refractivity contribution in [3.05, 3.63) is 34.4 Å². The second-order valence-corrected chi connectivity index (χ2v) is 3.87. The summed E-state index contributed by atoms with van der Waals surface area (Å²) in [6.45, 7) is 2.00. The van der Waals surface area contributed by atoms with Crippen molar-refractivity contribution >= 4 is 11.8 Å². The molecule has 1 N–H and O–H groups in total. The topological polar surface area (TPSA) is 54.4 Å². The minimum Gasteiger partial charge on any atom is -0.475 e. The summed E-state index contributed by atoms with van der Waals surface area (Å²) in [5.41, 5.74) is 3.65. The van der Waals surface area contributed by atoms with E-state index < -0.39 is 11.8 Å². The normalized spacial score (nSPS) is 13.7. The van der Waals surface area contributed by atoms with Crippen LogP contribution in [0.25, 0.3) is 0 Å². The van der Waals surface area contributed by atoms with Crippen molar-refractivity contribution in [1.82, 2.24) is 0 Å². The molecule has 3 nitrogen and oxygen atoms in total. The summed E-state index contributed by atoms with van der Waals surface area (Å²) in [4.78, 5) is 22.1. The van der Waals surface area contributed by atoms with E-state index in [9.17, 15) is 9.59 Å². The van der Waals surface area contributed by atoms with Gasteiger partial charge in [0.2, 0.25) is 0 Å². The van der Waals surface area contributed by atoms with E-state index in [0.29, 0.717) is 5.56 Å². The average molecular weight is 204 g/mol. The molecule has 2 rings (SSSR count). The molecule has 15 heavy (non-hydrogen) atoms. The van der Waals surface area contributed by atoms with Gasteiger partial charge in [-0.2, -0.15) is 0 Å².